The van der Waals surface area contributed by atoms with E-state index in [4.69, 9.17) is 4.74 Å². The van der Waals surface area contributed by atoms with Gasteiger partial charge in [-0.2, -0.15) is 8.42 Å². The molecular weight excluding hydrogens is 536 g/mol. The van der Waals surface area contributed by atoms with E-state index >= 15 is 0 Å². The van der Waals surface area contributed by atoms with Gasteiger partial charge < -0.3 is 29.5 Å². The summed E-state index contributed by atoms with van der Waals surface area (Å²) in [6, 6.07) is 12.7. The van der Waals surface area contributed by atoms with Gasteiger partial charge >= 0.3 is 6.03 Å². The standard InChI is InChI=1S/C27H34N6O6S/c1-18-13-33(19(2)16-34)26(35)22-12-21(30-40(37,38)25-15-31(3)17-28-25)10-11-23(22)39-24(18)14-32(4)27(36)29-20-8-6-5-7-9-20/h5-12,15,17-19,24,30,34H,13-14,16H2,1-4H3,(H,29,36)/t18-,19+,24-/m0/s1. The van der Waals surface area contributed by atoms with Gasteiger partial charge in [0.15, 0.2) is 5.03 Å². The Kier molecular flexibility index (Phi) is 8.64. The van der Waals surface area contributed by atoms with E-state index in [2.05, 4.69) is 15.0 Å². The van der Waals surface area contributed by atoms with Crippen LogP contribution in [-0.4, -0.2) is 83.7 Å². The fraction of sp³-hybridized carbons (Fsp3) is 0.370. The van der Waals surface area contributed by atoms with Gasteiger partial charge in [-0.25, -0.2) is 9.78 Å². The number of likely N-dealkylation sites (N-methyl/N-ethyl adjacent to an activating group) is 1. The van der Waals surface area contributed by atoms with Crippen molar-refractivity contribution in [3.63, 3.8) is 0 Å². The van der Waals surface area contributed by atoms with Crippen molar-refractivity contribution in [2.24, 2.45) is 13.0 Å². The van der Waals surface area contributed by atoms with Crippen LogP contribution in [0.5, 0.6) is 5.75 Å². The molecule has 2 aromatic carbocycles. The number of nitrogens with one attached hydrogen (secondary N) is 2. The zero-order valence-corrected chi connectivity index (χ0v) is 23.6. The van der Waals surface area contributed by atoms with Crippen molar-refractivity contribution in [1.29, 1.82) is 0 Å². The molecule has 0 aliphatic carbocycles. The number of imidazole rings is 1. The topological polar surface area (TPSA) is 146 Å². The Labute approximate surface area is 233 Å². The number of sulfonamides is 1. The van der Waals surface area contributed by atoms with Crippen LogP contribution in [0, 0.1) is 5.92 Å². The molecule has 0 fully saturated rings. The highest BCUT2D eigenvalue weighted by Crippen LogP contribution is 2.31. The van der Waals surface area contributed by atoms with Crippen LogP contribution < -0.4 is 14.8 Å². The number of benzene rings is 2. The second kappa shape index (κ2) is 12.0. The van der Waals surface area contributed by atoms with Gasteiger partial charge in [0.2, 0.25) is 0 Å². The van der Waals surface area contributed by atoms with Crippen LogP contribution in [0.4, 0.5) is 16.2 Å². The minimum absolute atomic E-state index is 0.134. The first-order valence-corrected chi connectivity index (χ1v) is 14.3. The third kappa shape index (κ3) is 6.54. The molecule has 1 aliphatic rings. The van der Waals surface area contributed by atoms with Crippen molar-refractivity contribution in [1.82, 2.24) is 19.4 Å². The van der Waals surface area contributed by atoms with E-state index in [1.807, 2.05) is 25.1 Å². The molecule has 214 valence electrons. The summed E-state index contributed by atoms with van der Waals surface area (Å²) in [5, 5.41) is 12.6. The Morgan fingerprint density at radius 3 is 2.60 bits per heavy atom. The summed E-state index contributed by atoms with van der Waals surface area (Å²) in [4.78, 5) is 33.4. The highest BCUT2D eigenvalue weighted by molar-refractivity contribution is 7.92. The molecule has 1 aliphatic heterocycles. The Morgan fingerprint density at radius 1 is 1.23 bits per heavy atom. The Bertz CT molecular complexity index is 1460. The van der Waals surface area contributed by atoms with E-state index in [-0.39, 0.29) is 53.7 Å². The molecule has 0 saturated carbocycles. The van der Waals surface area contributed by atoms with Crippen LogP contribution in [0.2, 0.25) is 0 Å². The number of rotatable bonds is 8. The summed E-state index contributed by atoms with van der Waals surface area (Å²) >= 11 is 0. The Hall–Kier alpha value is -4.10. The van der Waals surface area contributed by atoms with E-state index in [0.29, 0.717) is 5.69 Å². The number of urea groups is 1. The first-order valence-electron chi connectivity index (χ1n) is 12.8. The van der Waals surface area contributed by atoms with Crippen LogP contribution in [0.1, 0.15) is 24.2 Å². The second-order valence-corrected chi connectivity index (χ2v) is 11.6. The molecule has 3 amide bonds. The molecule has 0 spiro atoms. The van der Waals surface area contributed by atoms with Crippen molar-refractivity contribution < 1.29 is 27.9 Å². The van der Waals surface area contributed by atoms with E-state index in [0.717, 1.165) is 0 Å². The number of para-hydroxylation sites is 1. The normalized spacial score (nSPS) is 18.1. The third-order valence-electron chi connectivity index (χ3n) is 6.70. The maximum absolute atomic E-state index is 13.6. The van der Waals surface area contributed by atoms with Gasteiger partial charge in [-0.05, 0) is 37.3 Å². The fourth-order valence-corrected chi connectivity index (χ4v) is 5.36. The highest BCUT2D eigenvalue weighted by Gasteiger charge is 2.34. The SMILES string of the molecule is C[C@H](CO)N1C[C@H](C)[C@H](CN(C)C(=O)Nc2ccccc2)Oc2ccc(NS(=O)(=O)c3cn(C)cn3)cc2C1=O. The lowest BCUT2D eigenvalue weighted by atomic mass is 9.99. The van der Waals surface area contributed by atoms with Gasteiger partial charge in [-0.1, -0.05) is 25.1 Å². The van der Waals surface area contributed by atoms with Gasteiger partial charge in [-0.15, -0.1) is 0 Å². The maximum Gasteiger partial charge on any atom is 0.321 e. The number of hydrogen-bond acceptors (Lipinski definition) is 7. The van der Waals surface area contributed by atoms with Gasteiger partial charge in [0, 0.05) is 44.1 Å². The monoisotopic (exact) mass is 570 g/mol. The first-order chi connectivity index (χ1) is 19.0. The molecule has 3 N–H and O–H groups in total. The zero-order valence-electron chi connectivity index (χ0n) is 22.8. The molecule has 12 nitrogen and oxygen atoms in total. The van der Waals surface area contributed by atoms with E-state index < -0.39 is 28.1 Å². The molecule has 3 aromatic rings. The number of ether oxygens (including phenoxy) is 1. The molecule has 0 radical (unpaired) electrons. The summed E-state index contributed by atoms with van der Waals surface area (Å²) < 4.78 is 35.9. The van der Waals surface area contributed by atoms with Gasteiger partial charge in [0.1, 0.15) is 11.9 Å². The van der Waals surface area contributed by atoms with Crippen LogP contribution in [0.15, 0.2) is 66.1 Å². The van der Waals surface area contributed by atoms with Gasteiger partial charge in [0.25, 0.3) is 15.9 Å². The second-order valence-electron chi connectivity index (χ2n) is 9.99. The number of carbonyl (C=O) groups excluding carboxylic acids is 2. The molecular formula is C27H34N6O6S. The average Bonchev–Trinajstić information content (AvgIpc) is 3.38. The van der Waals surface area contributed by atoms with Crippen molar-refractivity contribution in [2.75, 3.05) is 36.8 Å². The predicted molar refractivity (Wildman–Crippen MR) is 150 cm³/mol. The molecule has 3 atom stereocenters. The molecule has 0 unspecified atom stereocenters. The lowest BCUT2D eigenvalue weighted by Crippen LogP contribution is -2.50. The number of carbonyl (C=O) groups is 2. The lowest BCUT2D eigenvalue weighted by Gasteiger charge is -2.38. The average molecular weight is 571 g/mol. The number of aryl methyl sites for hydroxylation is 1. The van der Waals surface area contributed by atoms with Gasteiger partial charge in [-0.3, -0.25) is 9.52 Å². The van der Waals surface area contributed by atoms with E-state index in [9.17, 15) is 23.1 Å². The number of amides is 3. The molecule has 2 heterocycles. The molecule has 13 heteroatoms. The number of fused-ring (bicyclic) bond motifs is 1. The number of aromatic nitrogens is 2. The van der Waals surface area contributed by atoms with Gasteiger partial charge in [0.05, 0.1) is 31.1 Å². The quantitative estimate of drug-likeness (QED) is 0.377. The van der Waals surface area contributed by atoms with Crippen molar-refractivity contribution in [3.8, 4) is 5.75 Å². The lowest BCUT2D eigenvalue weighted by molar-refractivity contribution is 0.0371. The van der Waals surface area contributed by atoms with Crippen LogP contribution in [0.25, 0.3) is 0 Å². The fourth-order valence-electron chi connectivity index (χ4n) is 4.33. The zero-order chi connectivity index (χ0) is 29.0. The number of aliphatic hydroxyl groups is 1. The van der Waals surface area contributed by atoms with Crippen LogP contribution >= 0.6 is 0 Å². The number of anilines is 2. The number of hydrogen-bond donors (Lipinski definition) is 3. The Balaban J connectivity index is 1.61. The summed E-state index contributed by atoms with van der Waals surface area (Å²) in [7, 11) is -0.684. The van der Waals surface area contributed by atoms with Crippen molar-refractivity contribution in [3.05, 3.63) is 66.6 Å². The highest BCUT2D eigenvalue weighted by atomic mass is 32.2. The summed E-state index contributed by atoms with van der Waals surface area (Å²) in [5.74, 6) is -0.370. The molecule has 4 rings (SSSR count). The summed E-state index contributed by atoms with van der Waals surface area (Å²) in [5.41, 5.74) is 0.947. The number of nitrogens with zero attached hydrogens (tertiary/aromatic N) is 4. The molecule has 0 bridgehead atoms. The van der Waals surface area contributed by atoms with E-state index in [1.165, 1.54) is 40.2 Å². The van der Waals surface area contributed by atoms with Crippen molar-refractivity contribution >= 4 is 33.3 Å². The van der Waals surface area contributed by atoms with Crippen LogP contribution in [0.3, 0.4) is 0 Å². The summed E-state index contributed by atoms with van der Waals surface area (Å²) in [6.07, 6.45) is 2.23. The molecule has 1 aromatic heterocycles. The first kappa shape index (κ1) is 28.9. The number of aliphatic hydroxyl groups excluding tert-OH is 1. The molecule has 40 heavy (non-hydrogen) atoms. The predicted octanol–water partition coefficient (Wildman–Crippen LogP) is 2.60. The smallest absolute Gasteiger partial charge is 0.321 e. The molecule has 0 saturated heterocycles. The maximum atomic E-state index is 13.6. The van der Waals surface area contributed by atoms with E-state index in [1.54, 1.807) is 38.1 Å². The minimum Gasteiger partial charge on any atom is -0.487 e. The Morgan fingerprint density at radius 2 is 1.95 bits per heavy atom. The largest absolute Gasteiger partial charge is 0.487 e. The van der Waals surface area contributed by atoms with Crippen LogP contribution in [-0.2, 0) is 17.1 Å². The third-order valence-corrected chi connectivity index (χ3v) is 7.97. The van der Waals surface area contributed by atoms with Crippen molar-refractivity contribution in [2.45, 2.75) is 31.0 Å². The summed E-state index contributed by atoms with van der Waals surface area (Å²) in [6.45, 7) is 3.85. The minimum atomic E-state index is -4.00.